The van der Waals surface area contributed by atoms with Crippen LogP contribution < -0.4 is 0 Å². The standard InChI is InChI=1S/C10H18O2S/c1-8(11)9-2-4-12-10(6-9)3-5-13-7-10/h8-9,11H,2-7H2,1H3. The average Bonchev–Trinajstić information content (AvgIpc) is 2.53. The molecule has 0 bridgehead atoms. The van der Waals surface area contributed by atoms with Crippen molar-refractivity contribution in [2.45, 2.75) is 37.9 Å². The second-order valence-corrected chi connectivity index (χ2v) is 5.43. The summed E-state index contributed by atoms with van der Waals surface area (Å²) < 4.78 is 5.87. The molecule has 76 valence electrons. The zero-order chi connectivity index (χ0) is 9.31. The first-order chi connectivity index (χ1) is 6.22. The molecule has 2 aliphatic rings. The summed E-state index contributed by atoms with van der Waals surface area (Å²) in [6.07, 6.45) is 3.12. The van der Waals surface area contributed by atoms with Gasteiger partial charge in [0.05, 0.1) is 11.7 Å². The van der Waals surface area contributed by atoms with Gasteiger partial charge in [0.1, 0.15) is 0 Å². The molecule has 2 fully saturated rings. The Labute approximate surface area is 84.0 Å². The molecule has 0 saturated carbocycles. The molecule has 0 aliphatic carbocycles. The van der Waals surface area contributed by atoms with Crippen molar-refractivity contribution in [3.63, 3.8) is 0 Å². The van der Waals surface area contributed by atoms with E-state index in [9.17, 15) is 5.11 Å². The lowest BCUT2D eigenvalue weighted by Crippen LogP contribution is -2.42. The Morgan fingerprint density at radius 1 is 1.62 bits per heavy atom. The summed E-state index contributed by atoms with van der Waals surface area (Å²) in [7, 11) is 0. The van der Waals surface area contributed by atoms with Crippen molar-refractivity contribution in [3.8, 4) is 0 Å². The minimum atomic E-state index is -0.161. The Hall–Kier alpha value is 0.270. The van der Waals surface area contributed by atoms with Crippen LogP contribution in [0.15, 0.2) is 0 Å². The van der Waals surface area contributed by atoms with Crippen LogP contribution in [-0.4, -0.2) is 34.9 Å². The number of rotatable bonds is 1. The van der Waals surface area contributed by atoms with Crippen LogP contribution in [-0.2, 0) is 4.74 Å². The molecule has 0 radical (unpaired) electrons. The molecule has 0 aromatic heterocycles. The van der Waals surface area contributed by atoms with Crippen molar-refractivity contribution in [1.82, 2.24) is 0 Å². The summed E-state index contributed by atoms with van der Waals surface area (Å²) in [5.41, 5.74) is 0.130. The average molecular weight is 202 g/mol. The van der Waals surface area contributed by atoms with E-state index in [4.69, 9.17) is 4.74 Å². The normalized spacial score (nSPS) is 42.5. The van der Waals surface area contributed by atoms with Gasteiger partial charge in [-0.25, -0.2) is 0 Å². The Morgan fingerprint density at radius 2 is 2.46 bits per heavy atom. The fraction of sp³-hybridized carbons (Fsp3) is 1.00. The first-order valence-corrected chi connectivity index (χ1v) is 6.27. The van der Waals surface area contributed by atoms with Crippen LogP contribution in [0.1, 0.15) is 26.2 Å². The van der Waals surface area contributed by atoms with Gasteiger partial charge in [-0.05, 0) is 37.9 Å². The number of ether oxygens (including phenoxy) is 1. The predicted octanol–water partition coefficient (Wildman–Crippen LogP) is 1.67. The minimum absolute atomic E-state index is 0.130. The van der Waals surface area contributed by atoms with Crippen molar-refractivity contribution in [2.24, 2.45) is 5.92 Å². The van der Waals surface area contributed by atoms with Crippen LogP contribution in [0.3, 0.4) is 0 Å². The third-order valence-electron chi connectivity index (χ3n) is 3.28. The summed E-state index contributed by atoms with van der Waals surface area (Å²) in [4.78, 5) is 0. The highest BCUT2D eigenvalue weighted by Gasteiger charge is 2.41. The second kappa shape index (κ2) is 3.79. The highest BCUT2D eigenvalue weighted by Crippen LogP contribution is 2.41. The quantitative estimate of drug-likeness (QED) is 0.701. The third kappa shape index (κ3) is 2.03. The molecule has 3 atom stereocenters. The Morgan fingerprint density at radius 3 is 3.08 bits per heavy atom. The van der Waals surface area contributed by atoms with E-state index in [2.05, 4.69) is 0 Å². The molecule has 1 N–H and O–H groups in total. The van der Waals surface area contributed by atoms with E-state index in [1.165, 1.54) is 12.2 Å². The molecule has 0 aromatic carbocycles. The van der Waals surface area contributed by atoms with Crippen molar-refractivity contribution in [3.05, 3.63) is 0 Å². The van der Waals surface area contributed by atoms with Crippen molar-refractivity contribution < 1.29 is 9.84 Å². The molecule has 2 saturated heterocycles. The van der Waals surface area contributed by atoms with Crippen molar-refractivity contribution in [2.75, 3.05) is 18.1 Å². The molecule has 13 heavy (non-hydrogen) atoms. The lowest BCUT2D eigenvalue weighted by molar-refractivity contribution is -0.0983. The number of aliphatic hydroxyl groups is 1. The molecule has 3 unspecified atom stereocenters. The molecule has 2 aliphatic heterocycles. The summed E-state index contributed by atoms with van der Waals surface area (Å²) in [5, 5.41) is 9.56. The summed E-state index contributed by atoms with van der Waals surface area (Å²) in [6.45, 7) is 2.75. The van der Waals surface area contributed by atoms with E-state index in [1.54, 1.807) is 0 Å². The summed E-state index contributed by atoms with van der Waals surface area (Å²) in [5.74, 6) is 2.83. The Balaban J connectivity index is 1.98. The second-order valence-electron chi connectivity index (χ2n) is 4.33. The van der Waals surface area contributed by atoms with E-state index in [0.717, 1.165) is 25.2 Å². The van der Waals surface area contributed by atoms with E-state index in [0.29, 0.717) is 5.92 Å². The molecule has 1 spiro atoms. The van der Waals surface area contributed by atoms with Gasteiger partial charge in [-0.2, -0.15) is 11.8 Å². The zero-order valence-corrected chi connectivity index (χ0v) is 8.98. The van der Waals surface area contributed by atoms with Gasteiger partial charge in [0, 0.05) is 12.4 Å². The first-order valence-electron chi connectivity index (χ1n) is 5.12. The van der Waals surface area contributed by atoms with Gasteiger partial charge in [0.15, 0.2) is 0 Å². The molecule has 0 amide bonds. The monoisotopic (exact) mass is 202 g/mol. The third-order valence-corrected chi connectivity index (χ3v) is 4.50. The fourth-order valence-corrected chi connectivity index (χ4v) is 3.72. The van der Waals surface area contributed by atoms with Crippen molar-refractivity contribution in [1.29, 1.82) is 0 Å². The van der Waals surface area contributed by atoms with Gasteiger partial charge >= 0.3 is 0 Å². The Bertz CT molecular complexity index is 176. The van der Waals surface area contributed by atoms with Crippen LogP contribution in [0, 0.1) is 5.92 Å². The molecule has 2 nitrogen and oxygen atoms in total. The molecule has 3 heteroatoms. The van der Waals surface area contributed by atoms with Crippen LogP contribution in [0.25, 0.3) is 0 Å². The maximum atomic E-state index is 9.56. The number of hydrogen-bond acceptors (Lipinski definition) is 3. The summed E-state index contributed by atoms with van der Waals surface area (Å²) >= 11 is 1.99. The summed E-state index contributed by atoms with van der Waals surface area (Å²) in [6, 6.07) is 0. The largest absolute Gasteiger partial charge is 0.393 e. The van der Waals surface area contributed by atoms with Crippen LogP contribution in [0.5, 0.6) is 0 Å². The van der Waals surface area contributed by atoms with Gasteiger partial charge < -0.3 is 9.84 Å². The zero-order valence-electron chi connectivity index (χ0n) is 8.16. The predicted molar refractivity (Wildman–Crippen MR) is 55.0 cm³/mol. The number of thioether (sulfide) groups is 1. The number of aliphatic hydroxyl groups excluding tert-OH is 1. The molecule has 0 aromatic rings. The molecular weight excluding hydrogens is 184 g/mol. The van der Waals surface area contributed by atoms with Crippen LogP contribution in [0.2, 0.25) is 0 Å². The molecule has 2 heterocycles. The van der Waals surface area contributed by atoms with Gasteiger partial charge in [0.25, 0.3) is 0 Å². The molecule has 2 rings (SSSR count). The minimum Gasteiger partial charge on any atom is -0.393 e. The van der Waals surface area contributed by atoms with Crippen LogP contribution in [0.4, 0.5) is 0 Å². The lowest BCUT2D eigenvalue weighted by atomic mass is 9.83. The van der Waals surface area contributed by atoms with E-state index >= 15 is 0 Å². The SMILES string of the molecule is CC(O)C1CCOC2(CCSC2)C1. The van der Waals surface area contributed by atoms with Crippen molar-refractivity contribution >= 4 is 11.8 Å². The smallest absolute Gasteiger partial charge is 0.0783 e. The van der Waals surface area contributed by atoms with E-state index in [1.807, 2.05) is 18.7 Å². The highest BCUT2D eigenvalue weighted by molar-refractivity contribution is 7.99. The van der Waals surface area contributed by atoms with E-state index < -0.39 is 0 Å². The maximum absolute atomic E-state index is 9.56. The van der Waals surface area contributed by atoms with E-state index in [-0.39, 0.29) is 11.7 Å². The maximum Gasteiger partial charge on any atom is 0.0783 e. The first kappa shape index (κ1) is 9.81. The topological polar surface area (TPSA) is 29.5 Å². The van der Waals surface area contributed by atoms with Gasteiger partial charge in [-0.3, -0.25) is 0 Å². The van der Waals surface area contributed by atoms with Gasteiger partial charge in [0.2, 0.25) is 0 Å². The number of hydrogen-bond donors (Lipinski definition) is 1. The Kier molecular flexibility index (Phi) is 2.86. The highest BCUT2D eigenvalue weighted by atomic mass is 32.2. The fourth-order valence-electron chi connectivity index (χ4n) is 2.34. The van der Waals surface area contributed by atoms with Crippen LogP contribution >= 0.6 is 11.8 Å². The van der Waals surface area contributed by atoms with Gasteiger partial charge in [-0.1, -0.05) is 0 Å². The van der Waals surface area contributed by atoms with Gasteiger partial charge in [-0.15, -0.1) is 0 Å². The lowest BCUT2D eigenvalue weighted by Gasteiger charge is -2.38. The molecular formula is C10H18O2S.